The SMILES string of the molecule is COc1cc2c(c(OC)c1)C(C)(C)C=C1N(C2)CN(C)C12CCN(Cc1ccc3ccccc3c1)CC2. The summed E-state index contributed by atoms with van der Waals surface area (Å²) in [6.07, 6.45) is 4.83. The van der Waals surface area contributed by atoms with Gasteiger partial charge in [0.25, 0.3) is 0 Å². The highest BCUT2D eigenvalue weighted by Gasteiger charge is 2.50. The second-order valence-electron chi connectivity index (χ2n) is 11.6. The van der Waals surface area contributed by atoms with Crippen molar-refractivity contribution >= 4 is 10.8 Å². The highest BCUT2D eigenvalue weighted by molar-refractivity contribution is 5.83. The molecule has 5 heteroatoms. The van der Waals surface area contributed by atoms with Crippen LogP contribution in [0.25, 0.3) is 10.8 Å². The molecule has 0 amide bonds. The van der Waals surface area contributed by atoms with Gasteiger partial charge in [-0.15, -0.1) is 0 Å². The number of nitrogens with zero attached hydrogens (tertiary/aromatic N) is 3. The minimum atomic E-state index is -0.141. The van der Waals surface area contributed by atoms with Crippen LogP contribution in [0.15, 0.2) is 66.4 Å². The first kappa shape index (κ1) is 24.3. The first-order valence-electron chi connectivity index (χ1n) is 13.5. The molecule has 3 aliphatic heterocycles. The Morgan fingerprint density at radius 3 is 2.38 bits per heavy atom. The van der Waals surface area contributed by atoms with Gasteiger partial charge in [-0.05, 0) is 53.9 Å². The molecule has 3 aliphatic rings. The van der Waals surface area contributed by atoms with Gasteiger partial charge in [0.2, 0.25) is 0 Å². The summed E-state index contributed by atoms with van der Waals surface area (Å²) in [5.74, 6) is 1.78. The molecule has 3 aromatic rings. The van der Waals surface area contributed by atoms with Gasteiger partial charge in [0, 0.05) is 48.9 Å². The molecule has 0 aliphatic carbocycles. The highest BCUT2D eigenvalue weighted by atomic mass is 16.5. The van der Waals surface area contributed by atoms with Crippen LogP contribution in [0.5, 0.6) is 11.5 Å². The lowest BCUT2D eigenvalue weighted by Gasteiger charge is -2.44. The fourth-order valence-corrected chi connectivity index (χ4v) is 7.03. The topological polar surface area (TPSA) is 28.2 Å². The number of allylic oxidation sites excluding steroid dienone is 1. The van der Waals surface area contributed by atoms with E-state index in [1.165, 1.54) is 33.2 Å². The smallest absolute Gasteiger partial charge is 0.126 e. The van der Waals surface area contributed by atoms with Gasteiger partial charge >= 0.3 is 0 Å². The molecule has 2 saturated heterocycles. The molecule has 0 bridgehead atoms. The summed E-state index contributed by atoms with van der Waals surface area (Å²) in [5.41, 5.74) is 5.41. The maximum Gasteiger partial charge on any atom is 0.126 e. The summed E-state index contributed by atoms with van der Waals surface area (Å²) in [7, 11) is 5.82. The van der Waals surface area contributed by atoms with Crippen molar-refractivity contribution in [1.82, 2.24) is 14.7 Å². The number of likely N-dealkylation sites (tertiary alicyclic amines) is 1. The normalized spacial score (nSPS) is 20.9. The quantitative estimate of drug-likeness (QED) is 0.456. The van der Waals surface area contributed by atoms with Crippen LogP contribution in [-0.2, 0) is 18.5 Å². The molecule has 37 heavy (non-hydrogen) atoms. The molecular weight excluding hydrogens is 458 g/mol. The Labute approximate surface area is 221 Å². The van der Waals surface area contributed by atoms with Gasteiger partial charge in [0.1, 0.15) is 11.5 Å². The molecule has 2 fully saturated rings. The average molecular weight is 498 g/mol. The number of ether oxygens (including phenoxy) is 2. The van der Waals surface area contributed by atoms with E-state index >= 15 is 0 Å². The second kappa shape index (κ2) is 9.07. The lowest BCUT2D eigenvalue weighted by atomic mass is 9.77. The molecule has 0 radical (unpaired) electrons. The first-order valence-corrected chi connectivity index (χ1v) is 13.5. The Morgan fingerprint density at radius 1 is 0.892 bits per heavy atom. The van der Waals surface area contributed by atoms with Crippen molar-refractivity contribution in [2.45, 2.75) is 50.7 Å². The van der Waals surface area contributed by atoms with Crippen LogP contribution in [-0.4, -0.2) is 61.3 Å². The standard InChI is InChI=1S/C32H39N3O2/c1-31(2)19-29-32(33(3)22-35(29)21-26-17-27(36-4)18-28(37-5)30(26)31)12-14-34(15-13-32)20-23-10-11-24-8-6-7-9-25(24)16-23/h6-11,16-19H,12-15,20-22H2,1-5H3. The third-order valence-corrected chi connectivity index (χ3v) is 8.95. The number of hydrogen-bond acceptors (Lipinski definition) is 5. The lowest BCUT2D eigenvalue weighted by Crippen LogP contribution is -2.51. The maximum absolute atomic E-state index is 5.88. The second-order valence-corrected chi connectivity index (χ2v) is 11.6. The van der Waals surface area contributed by atoms with Crippen LogP contribution in [0.4, 0.5) is 0 Å². The molecule has 1 spiro atoms. The Hall–Kier alpha value is -3.02. The predicted octanol–water partition coefficient (Wildman–Crippen LogP) is 5.77. The van der Waals surface area contributed by atoms with Crippen molar-refractivity contribution in [3.8, 4) is 11.5 Å². The molecule has 0 atom stereocenters. The summed E-state index contributed by atoms with van der Waals surface area (Å²) >= 11 is 0. The Balaban J connectivity index is 1.26. The number of fused-ring (bicyclic) bond motifs is 4. The monoisotopic (exact) mass is 497 g/mol. The van der Waals surface area contributed by atoms with Gasteiger partial charge in [0.15, 0.2) is 0 Å². The molecule has 194 valence electrons. The fourth-order valence-electron chi connectivity index (χ4n) is 7.03. The van der Waals surface area contributed by atoms with E-state index < -0.39 is 0 Å². The fraction of sp³-hybridized carbons (Fsp3) is 0.438. The van der Waals surface area contributed by atoms with Gasteiger partial charge in [-0.25, -0.2) is 0 Å². The van der Waals surface area contributed by atoms with Crippen LogP contribution in [0.2, 0.25) is 0 Å². The molecule has 3 heterocycles. The number of methoxy groups -OCH3 is 2. The predicted molar refractivity (Wildman–Crippen MR) is 150 cm³/mol. The van der Waals surface area contributed by atoms with Gasteiger partial charge in [-0.2, -0.15) is 0 Å². The maximum atomic E-state index is 5.88. The largest absolute Gasteiger partial charge is 0.497 e. The summed E-state index contributed by atoms with van der Waals surface area (Å²) in [6, 6.07) is 19.8. The number of likely N-dealkylation sites (N-methyl/N-ethyl adjacent to an activating group) is 1. The summed E-state index contributed by atoms with van der Waals surface area (Å²) in [4.78, 5) is 7.83. The number of piperidine rings is 1. The minimum Gasteiger partial charge on any atom is -0.497 e. The summed E-state index contributed by atoms with van der Waals surface area (Å²) in [5, 5.41) is 2.65. The molecule has 6 rings (SSSR count). The molecule has 0 unspecified atom stereocenters. The van der Waals surface area contributed by atoms with Crippen LogP contribution in [0, 0.1) is 0 Å². The Morgan fingerprint density at radius 2 is 1.65 bits per heavy atom. The van der Waals surface area contributed by atoms with Gasteiger partial charge < -0.3 is 14.4 Å². The van der Waals surface area contributed by atoms with Gasteiger partial charge in [-0.3, -0.25) is 9.80 Å². The van der Waals surface area contributed by atoms with Crippen molar-refractivity contribution in [2.24, 2.45) is 0 Å². The molecule has 0 aromatic heterocycles. The van der Waals surface area contributed by atoms with Crippen molar-refractivity contribution < 1.29 is 9.47 Å². The van der Waals surface area contributed by atoms with E-state index in [0.29, 0.717) is 0 Å². The average Bonchev–Trinajstić information content (AvgIpc) is 3.06. The van der Waals surface area contributed by atoms with Gasteiger partial charge in [0.05, 0.1) is 26.4 Å². The number of benzene rings is 3. The van der Waals surface area contributed by atoms with Crippen LogP contribution in [0.1, 0.15) is 43.4 Å². The van der Waals surface area contributed by atoms with Crippen LogP contribution >= 0.6 is 0 Å². The van der Waals surface area contributed by atoms with E-state index in [4.69, 9.17) is 9.47 Å². The number of hydrogen-bond donors (Lipinski definition) is 0. The Kier molecular flexibility index (Phi) is 5.96. The van der Waals surface area contributed by atoms with Crippen molar-refractivity contribution in [1.29, 1.82) is 0 Å². The molecular formula is C32H39N3O2. The molecule has 5 nitrogen and oxygen atoms in total. The van der Waals surface area contributed by atoms with Crippen LogP contribution in [0.3, 0.4) is 0 Å². The zero-order chi connectivity index (χ0) is 25.8. The number of rotatable bonds is 4. The third-order valence-electron chi connectivity index (χ3n) is 8.95. The highest BCUT2D eigenvalue weighted by Crippen LogP contribution is 2.49. The lowest BCUT2D eigenvalue weighted by molar-refractivity contribution is 0.0866. The van der Waals surface area contributed by atoms with E-state index in [2.05, 4.69) is 90.2 Å². The Bertz CT molecular complexity index is 1350. The summed E-state index contributed by atoms with van der Waals surface area (Å²) < 4.78 is 11.5. The van der Waals surface area contributed by atoms with E-state index in [-0.39, 0.29) is 11.0 Å². The zero-order valence-corrected chi connectivity index (χ0v) is 22.9. The van der Waals surface area contributed by atoms with E-state index in [9.17, 15) is 0 Å². The first-order chi connectivity index (χ1) is 17.8. The van der Waals surface area contributed by atoms with E-state index in [0.717, 1.165) is 57.2 Å². The molecule has 3 aromatic carbocycles. The van der Waals surface area contributed by atoms with E-state index in [1.807, 2.05) is 6.07 Å². The van der Waals surface area contributed by atoms with Crippen molar-refractivity contribution in [3.63, 3.8) is 0 Å². The third kappa shape index (κ3) is 4.09. The zero-order valence-electron chi connectivity index (χ0n) is 22.9. The minimum absolute atomic E-state index is 0.0799. The van der Waals surface area contributed by atoms with Crippen molar-refractivity contribution in [2.75, 3.05) is 41.0 Å². The van der Waals surface area contributed by atoms with Gasteiger partial charge in [-0.1, -0.05) is 56.3 Å². The van der Waals surface area contributed by atoms with E-state index in [1.54, 1.807) is 14.2 Å². The molecule has 0 N–H and O–H groups in total. The van der Waals surface area contributed by atoms with Crippen LogP contribution < -0.4 is 9.47 Å². The van der Waals surface area contributed by atoms with Crippen molar-refractivity contribution in [3.05, 3.63) is 83.1 Å². The molecule has 0 saturated carbocycles. The summed E-state index contributed by atoms with van der Waals surface area (Å²) in [6.45, 7) is 9.72.